The molecule has 3 saturated carbocycles. The SMILES string of the molecule is Cc1noc(C(=O)NC2CCN(C(=O)CCC(C)[C@H]3CC[C@H]4[C@@H]5CC=C6C[C@@H](O)CC[C@]6(C)[C@H]5CC[C@]34C)C2)n1. The van der Waals surface area contributed by atoms with E-state index in [1.165, 1.54) is 32.1 Å². The molecule has 40 heavy (non-hydrogen) atoms. The van der Waals surface area contributed by atoms with Gasteiger partial charge in [-0.3, -0.25) is 9.59 Å². The molecule has 2 unspecified atom stereocenters. The molecule has 4 fully saturated rings. The standard InChI is InChI=1S/C32H48N4O4/c1-19(5-10-28(38)36-16-13-22(18-36)34-29(39)30-33-20(2)35-40-30)25-8-9-26-24-7-6-21-17-23(37)11-14-31(21,3)27(24)12-15-32(25,26)4/h6,19,22-27,37H,5,7-18H2,1-4H3,(H,34,39)/t19?,22?,23-,24-,25+,26-,27-,31-,32+/m0/s1. The molecule has 2 heterocycles. The number of carbonyl (C=O) groups excluding carboxylic acids is 2. The Labute approximate surface area is 238 Å². The predicted octanol–water partition coefficient (Wildman–Crippen LogP) is 5.06. The molecule has 220 valence electrons. The van der Waals surface area contributed by atoms with Crippen LogP contribution in [0.25, 0.3) is 0 Å². The van der Waals surface area contributed by atoms with Gasteiger partial charge in [-0.15, -0.1) is 0 Å². The van der Waals surface area contributed by atoms with Crippen LogP contribution in [0, 0.1) is 47.3 Å². The average Bonchev–Trinajstić information content (AvgIpc) is 3.66. The Bertz CT molecular complexity index is 1160. The molecule has 4 aliphatic carbocycles. The molecular weight excluding hydrogens is 504 g/mol. The molecule has 1 aromatic rings. The molecule has 5 aliphatic rings. The lowest BCUT2D eigenvalue weighted by Gasteiger charge is -2.58. The van der Waals surface area contributed by atoms with Crippen LogP contribution in [0.4, 0.5) is 0 Å². The summed E-state index contributed by atoms with van der Waals surface area (Å²) in [6.45, 7) is 10.4. The van der Waals surface area contributed by atoms with Crippen molar-refractivity contribution in [3.63, 3.8) is 0 Å². The number of likely N-dealkylation sites (tertiary alicyclic amines) is 1. The molecule has 6 rings (SSSR count). The second-order valence-corrected chi connectivity index (χ2v) is 14.3. The first-order valence-corrected chi connectivity index (χ1v) is 15.8. The molecule has 2 amide bonds. The molecule has 9 atom stereocenters. The number of carbonyl (C=O) groups is 2. The maximum absolute atomic E-state index is 13.2. The fraction of sp³-hybridized carbons (Fsp3) is 0.812. The third-order valence-corrected chi connectivity index (χ3v) is 12.2. The van der Waals surface area contributed by atoms with Crippen LogP contribution < -0.4 is 5.32 Å². The number of aryl methyl sites for hydroxylation is 1. The maximum atomic E-state index is 13.2. The van der Waals surface area contributed by atoms with E-state index in [-0.39, 0.29) is 35.3 Å². The highest BCUT2D eigenvalue weighted by atomic mass is 16.5. The number of nitrogens with one attached hydrogen (secondary N) is 1. The van der Waals surface area contributed by atoms with Crippen molar-refractivity contribution in [1.82, 2.24) is 20.4 Å². The van der Waals surface area contributed by atoms with Gasteiger partial charge in [0.25, 0.3) is 0 Å². The Morgan fingerprint density at radius 2 is 2.00 bits per heavy atom. The van der Waals surface area contributed by atoms with Crippen LogP contribution in [-0.4, -0.2) is 57.2 Å². The van der Waals surface area contributed by atoms with E-state index in [4.69, 9.17) is 4.52 Å². The zero-order valence-electron chi connectivity index (χ0n) is 24.8. The van der Waals surface area contributed by atoms with E-state index in [1.807, 2.05) is 4.90 Å². The van der Waals surface area contributed by atoms with Gasteiger partial charge < -0.3 is 19.8 Å². The molecule has 1 saturated heterocycles. The summed E-state index contributed by atoms with van der Waals surface area (Å²) in [5.74, 6) is 3.78. The van der Waals surface area contributed by atoms with Crippen molar-refractivity contribution in [3.8, 4) is 0 Å². The summed E-state index contributed by atoms with van der Waals surface area (Å²) in [5.41, 5.74) is 2.21. The minimum Gasteiger partial charge on any atom is -0.393 e. The van der Waals surface area contributed by atoms with Gasteiger partial charge in [-0.2, -0.15) is 4.98 Å². The second-order valence-electron chi connectivity index (χ2n) is 14.3. The molecule has 1 aliphatic heterocycles. The zero-order chi connectivity index (χ0) is 28.2. The van der Waals surface area contributed by atoms with Crippen molar-refractivity contribution in [2.24, 2.45) is 40.4 Å². The molecule has 1 aromatic heterocycles. The summed E-state index contributed by atoms with van der Waals surface area (Å²) in [6, 6.07) is -0.0786. The van der Waals surface area contributed by atoms with E-state index in [0.717, 1.165) is 49.9 Å². The number of aliphatic hydroxyl groups is 1. The molecule has 0 aromatic carbocycles. The van der Waals surface area contributed by atoms with Gasteiger partial charge in [0.05, 0.1) is 6.10 Å². The van der Waals surface area contributed by atoms with Gasteiger partial charge in [-0.05, 0) is 112 Å². The van der Waals surface area contributed by atoms with Gasteiger partial charge in [-0.1, -0.05) is 37.6 Å². The van der Waals surface area contributed by atoms with E-state index < -0.39 is 0 Å². The fourth-order valence-electron chi connectivity index (χ4n) is 10.1. The third kappa shape index (κ3) is 4.82. The monoisotopic (exact) mass is 552 g/mol. The third-order valence-electron chi connectivity index (χ3n) is 12.2. The highest BCUT2D eigenvalue weighted by molar-refractivity contribution is 5.89. The average molecular weight is 553 g/mol. The first kappa shape index (κ1) is 27.9. The smallest absolute Gasteiger partial charge is 0.315 e. The lowest BCUT2D eigenvalue weighted by molar-refractivity contribution is -0.130. The molecule has 0 spiro atoms. The van der Waals surface area contributed by atoms with Crippen LogP contribution in [-0.2, 0) is 4.79 Å². The lowest BCUT2D eigenvalue weighted by Crippen LogP contribution is -2.50. The van der Waals surface area contributed by atoms with Crippen LogP contribution in [0.15, 0.2) is 16.2 Å². The van der Waals surface area contributed by atoms with E-state index >= 15 is 0 Å². The van der Waals surface area contributed by atoms with E-state index in [2.05, 4.69) is 42.3 Å². The number of amides is 2. The highest BCUT2D eigenvalue weighted by Gasteiger charge is 2.59. The minimum absolute atomic E-state index is 0.0233. The van der Waals surface area contributed by atoms with Gasteiger partial charge in [0, 0.05) is 25.6 Å². The fourth-order valence-corrected chi connectivity index (χ4v) is 10.1. The quantitative estimate of drug-likeness (QED) is 0.478. The zero-order valence-corrected chi connectivity index (χ0v) is 24.8. The Kier molecular flexibility index (Phi) is 7.37. The molecule has 8 nitrogen and oxygen atoms in total. The Hall–Kier alpha value is -2.22. The van der Waals surface area contributed by atoms with Crippen LogP contribution in [0.3, 0.4) is 0 Å². The van der Waals surface area contributed by atoms with Gasteiger partial charge in [0.2, 0.25) is 5.91 Å². The first-order chi connectivity index (χ1) is 19.1. The number of allylic oxidation sites excluding steroid dienone is 1. The second kappa shape index (κ2) is 10.6. The van der Waals surface area contributed by atoms with Gasteiger partial charge >= 0.3 is 11.8 Å². The Balaban J connectivity index is 1.02. The van der Waals surface area contributed by atoms with E-state index in [0.29, 0.717) is 42.6 Å². The molecule has 0 radical (unpaired) electrons. The van der Waals surface area contributed by atoms with Crippen molar-refractivity contribution >= 4 is 11.8 Å². The van der Waals surface area contributed by atoms with Crippen LogP contribution in [0.5, 0.6) is 0 Å². The molecular formula is C32H48N4O4. The Morgan fingerprint density at radius 1 is 1.18 bits per heavy atom. The summed E-state index contributed by atoms with van der Waals surface area (Å²) in [5, 5.41) is 16.9. The van der Waals surface area contributed by atoms with Crippen molar-refractivity contribution in [2.75, 3.05) is 13.1 Å². The van der Waals surface area contributed by atoms with Crippen molar-refractivity contribution in [1.29, 1.82) is 0 Å². The Morgan fingerprint density at radius 3 is 2.77 bits per heavy atom. The van der Waals surface area contributed by atoms with Gasteiger partial charge in [-0.25, -0.2) is 0 Å². The number of aromatic nitrogens is 2. The van der Waals surface area contributed by atoms with Crippen molar-refractivity contribution in [2.45, 2.75) is 110 Å². The maximum Gasteiger partial charge on any atom is 0.315 e. The lowest BCUT2D eigenvalue weighted by atomic mass is 9.47. The van der Waals surface area contributed by atoms with Crippen molar-refractivity contribution < 1.29 is 19.2 Å². The highest BCUT2D eigenvalue weighted by Crippen LogP contribution is 2.67. The summed E-state index contributed by atoms with van der Waals surface area (Å²) in [7, 11) is 0. The summed E-state index contributed by atoms with van der Waals surface area (Å²) in [4.78, 5) is 31.4. The predicted molar refractivity (Wildman–Crippen MR) is 151 cm³/mol. The normalized spacial score (nSPS) is 39.6. The number of nitrogens with zero attached hydrogens (tertiary/aromatic N) is 3. The summed E-state index contributed by atoms with van der Waals surface area (Å²) in [6.07, 6.45) is 14.1. The minimum atomic E-state index is -0.368. The number of rotatable bonds is 6. The number of hydrogen-bond donors (Lipinski definition) is 2. The topological polar surface area (TPSA) is 109 Å². The van der Waals surface area contributed by atoms with Gasteiger partial charge in [0.15, 0.2) is 5.82 Å². The molecule has 2 N–H and O–H groups in total. The summed E-state index contributed by atoms with van der Waals surface area (Å²) >= 11 is 0. The molecule has 8 heteroatoms. The number of hydrogen-bond acceptors (Lipinski definition) is 6. The largest absolute Gasteiger partial charge is 0.393 e. The summed E-state index contributed by atoms with van der Waals surface area (Å²) < 4.78 is 4.97. The van der Waals surface area contributed by atoms with Crippen molar-refractivity contribution in [3.05, 3.63) is 23.4 Å². The molecule has 0 bridgehead atoms. The first-order valence-electron chi connectivity index (χ1n) is 15.8. The number of fused-ring (bicyclic) bond motifs is 5. The van der Waals surface area contributed by atoms with E-state index in [9.17, 15) is 14.7 Å². The number of aliphatic hydroxyl groups excluding tert-OH is 1. The van der Waals surface area contributed by atoms with Crippen LogP contribution >= 0.6 is 0 Å². The van der Waals surface area contributed by atoms with Gasteiger partial charge in [0.1, 0.15) is 0 Å². The van der Waals surface area contributed by atoms with Crippen LogP contribution in [0.2, 0.25) is 0 Å². The van der Waals surface area contributed by atoms with E-state index in [1.54, 1.807) is 12.5 Å². The van der Waals surface area contributed by atoms with Crippen LogP contribution in [0.1, 0.15) is 108 Å².